The lowest BCUT2D eigenvalue weighted by Gasteiger charge is -2.21. The average Bonchev–Trinajstić information content (AvgIpc) is 3.41. The van der Waals surface area contributed by atoms with Crippen LogP contribution in [-0.4, -0.2) is 45.5 Å². The van der Waals surface area contributed by atoms with Gasteiger partial charge >= 0.3 is 12.1 Å². The summed E-state index contributed by atoms with van der Waals surface area (Å²) in [4.78, 5) is 37.2. The molecule has 35 heavy (non-hydrogen) atoms. The molecule has 0 spiro atoms. The van der Waals surface area contributed by atoms with Gasteiger partial charge in [-0.3, -0.25) is 9.48 Å². The molecular weight excluding hydrogens is 448 g/mol. The van der Waals surface area contributed by atoms with Crippen molar-refractivity contribution in [2.45, 2.75) is 24.4 Å². The van der Waals surface area contributed by atoms with Crippen LogP contribution in [0.25, 0.3) is 11.1 Å². The van der Waals surface area contributed by atoms with Crippen molar-refractivity contribution in [3.63, 3.8) is 0 Å². The van der Waals surface area contributed by atoms with Crippen LogP contribution in [0.5, 0.6) is 0 Å². The maximum absolute atomic E-state index is 12.8. The number of hydrogen-bond acceptors (Lipinski definition) is 5. The minimum absolute atomic E-state index is 0.0927. The van der Waals surface area contributed by atoms with Crippen LogP contribution in [0, 0.1) is 0 Å². The molecule has 0 saturated carbocycles. The van der Waals surface area contributed by atoms with E-state index in [0.29, 0.717) is 5.56 Å². The van der Waals surface area contributed by atoms with Gasteiger partial charge in [0.15, 0.2) is 6.04 Å². The normalized spacial score (nSPS) is 13.7. The Hall–Kier alpha value is -4.40. The Bertz CT molecular complexity index is 1220. The van der Waals surface area contributed by atoms with E-state index >= 15 is 0 Å². The van der Waals surface area contributed by atoms with Crippen LogP contribution in [0.2, 0.25) is 0 Å². The zero-order valence-electron chi connectivity index (χ0n) is 19.2. The van der Waals surface area contributed by atoms with Crippen molar-refractivity contribution in [1.82, 2.24) is 20.4 Å². The zero-order valence-corrected chi connectivity index (χ0v) is 19.2. The Morgan fingerprint density at radius 1 is 1.11 bits per heavy atom. The molecule has 2 amide bonds. The molecule has 9 heteroatoms. The SMILES string of the molecule is C=CCC(NC(=O)OCC1c2ccccc2-c2ccccc21)C(=O)NC(C(=O)O)c1cnn(C)c1. The smallest absolute Gasteiger partial charge is 0.407 e. The minimum Gasteiger partial charge on any atom is -0.479 e. The maximum atomic E-state index is 12.8. The van der Waals surface area contributed by atoms with E-state index < -0.39 is 30.1 Å². The standard InChI is InChI=1S/C26H26N4O5/c1-3-8-22(24(31)29-23(25(32)33)16-13-27-30(2)14-16)28-26(34)35-15-21-19-11-6-4-9-17(19)18-10-5-7-12-20(18)21/h3-7,9-14,21-23H,1,8,15H2,2H3,(H,28,34)(H,29,31)(H,32,33). The van der Waals surface area contributed by atoms with E-state index in [2.05, 4.69) is 22.3 Å². The van der Waals surface area contributed by atoms with Gasteiger partial charge in [-0.1, -0.05) is 54.6 Å². The molecule has 180 valence electrons. The molecule has 0 radical (unpaired) electrons. The number of aliphatic carboxylic acids is 1. The number of benzene rings is 2. The first-order valence-electron chi connectivity index (χ1n) is 11.1. The summed E-state index contributed by atoms with van der Waals surface area (Å²) in [7, 11) is 1.64. The highest BCUT2D eigenvalue weighted by Crippen LogP contribution is 2.44. The summed E-state index contributed by atoms with van der Waals surface area (Å²) < 4.78 is 6.95. The summed E-state index contributed by atoms with van der Waals surface area (Å²) in [5.41, 5.74) is 4.67. The number of alkyl carbamates (subject to hydrolysis) is 1. The van der Waals surface area contributed by atoms with Crippen LogP contribution in [0.3, 0.4) is 0 Å². The van der Waals surface area contributed by atoms with E-state index in [1.807, 2.05) is 48.5 Å². The van der Waals surface area contributed by atoms with Gasteiger partial charge in [-0.2, -0.15) is 5.10 Å². The van der Waals surface area contributed by atoms with Gasteiger partial charge in [0.1, 0.15) is 12.6 Å². The second-order valence-corrected chi connectivity index (χ2v) is 8.27. The van der Waals surface area contributed by atoms with E-state index in [0.717, 1.165) is 22.3 Å². The van der Waals surface area contributed by atoms with Gasteiger partial charge in [0, 0.05) is 24.7 Å². The fraction of sp³-hybridized carbons (Fsp3) is 0.231. The Balaban J connectivity index is 1.42. The Kier molecular flexibility index (Phi) is 6.96. The number of aryl methyl sites for hydroxylation is 1. The van der Waals surface area contributed by atoms with Crippen LogP contribution in [0.4, 0.5) is 4.79 Å². The molecule has 0 fully saturated rings. The summed E-state index contributed by atoms with van der Waals surface area (Å²) >= 11 is 0. The number of rotatable bonds is 9. The first-order valence-corrected chi connectivity index (χ1v) is 11.1. The Morgan fingerprint density at radius 2 is 1.74 bits per heavy atom. The molecule has 3 N–H and O–H groups in total. The first-order chi connectivity index (χ1) is 16.9. The molecule has 0 saturated heterocycles. The predicted octanol–water partition coefficient (Wildman–Crippen LogP) is 3.15. The van der Waals surface area contributed by atoms with E-state index in [9.17, 15) is 19.5 Å². The number of nitrogens with one attached hydrogen (secondary N) is 2. The number of carbonyl (C=O) groups is 3. The van der Waals surface area contributed by atoms with Crippen LogP contribution in [0.1, 0.15) is 35.1 Å². The number of aromatic nitrogens is 2. The summed E-state index contributed by atoms with van der Waals surface area (Å²) in [6, 6.07) is 13.6. The van der Waals surface area contributed by atoms with Crippen molar-refractivity contribution in [2.24, 2.45) is 7.05 Å². The lowest BCUT2D eigenvalue weighted by molar-refractivity contribution is -0.142. The van der Waals surface area contributed by atoms with Gasteiger partial charge in [0.05, 0.1) is 6.20 Å². The second kappa shape index (κ2) is 10.3. The molecule has 9 nitrogen and oxygen atoms in total. The van der Waals surface area contributed by atoms with Crippen molar-refractivity contribution >= 4 is 18.0 Å². The molecule has 2 aromatic carbocycles. The third kappa shape index (κ3) is 5.08. The summed E-state index contributed by atoms with van der Waals surface area (Å²) in [5, 5.41) is 18.5. The van der Waals surface area contributed by atoms with Gasteiger partial charge in [0.25, 0.3) is 0 Å². The zero-order chi connectivity index (χ0) is 24.9. The van der Waals surface area contributed by atoms with E-state index in [-0.39, 0.29) is 18.9 Å². The van der Waals surface area contributed by atoms with Crippen LogP contribution in [-0.2, 0) is 21.4 Å². The van der Waals surface area contributed by atoms with Crippen molar-refractivity contribution in [3.05, 3.63) is 90.3 Å². The van der Waals surface area contributed by atoms with Crippen molar-refractivity contribution in [2.75, 3.05) is 6.61 Å². The van der Waals surface area contributed by atoms with Gasteiger partial charge in [-0.05, 0) is 28.7 Å². The number of nitrogens with zero attached hydrogens (tertiary/aromatic N) is 2. The van der Waals surface area contributed by atoms with Gasteiger partial charge in [0.2, 0.25) is 5.91 Å². The third-order valence-electron chi connectivity index (χ3n) is 5.95. The van der Waals surface area contributed by atoms with Crippen molar-refractivity contribution in [1.29, 1.82) is 0 Å². The van der Waals surface area contributed by atoms with Crippen LogP contribution in [0.15, 0.2) is 73.6 Å². The predicted molar refractivity (Wildman–Crippen MR) is 129 cm³/mol. The van der Waals surface area contributed by atoms with Gasteiger partial charge in [-0.15, -0.1) is 6.58 Å². The molecule has 1 aliphatic carbocycles. The number of ether oxygens (including phenoxy) is 1. The second-order valence-electron chi connectivity index (χ2n) is 8.27. The molecule has 2 atom stereocenters. The van der Waals surface area contributed by atoms with Crippen LogP contribution >= 0.6 is 0 Å². The maximum Gasteiger partial charge on any atom is 0.407 e. The monoisotopic (exact) mass is 474 g/mol. The fourth-order valence-corrected chi connectivity index (χ4v) is 4.30. The number of carboxylic acid groups (broad SMARTS) is 1. The molecule has 1 aromatic heterocycles. The topological polar surface area (TPSA) is 123 Å². The molecule has 1 aliphatic rings. The summed E-state index contributed by atoms with van der Waals surface area (Å²) in [5.74, 6) is -2.04. The Labute approximate surface area is 202 Å². The van der Waals surface area contributed by atoms with Crippen LogP contribution < -0.4 is 10.6 Å². The lowest BCUT2D eigenvalue weighted by Crippen LogP contribution is -2.48. The number of fused-ring (bicyclic) bond motifs is 3. The van der Waals surface area contributed by atoms with Crippen molar-refractivity contribution < 1.29 is 24.2 Å². The highest BCUT2D eigenvalue weighted by molar-refractivity contribution is 5.90. The quantitative estimate of drug-likeness (QED) is 0.410. The van der Waals surface area contributed by atoms with E-state index in [1.165, 1.54) is 23.2 Å². The number of amides is 2. The molecular formula is C26H26N4O5. The summed E-state index contributed by atoms with van der Waals surface area (Å²) in [6.45, 7) is 3.72. The molecule has 2 unspecified atom stereocenters. The third-order valence-corrected chi connectivity index (χ3v) is 5.95. The van der Waals surface area contributed by atoms with Gasteiger partial charge < -0.3 is 20.5 Å². The van der Waals surface area contributed by atoms with E-state index in [1.54, 1.807) is 7.05 Å². The highest BCUT2D eigenvalue weighted by atomic mass is 16.5. The first kappa shape index (κ1) is 23.7. The van der Waals surface area contributed by atoms with E-state index in [4.69, 9.17) is 4.74 Å². The number of carbonyl (C=O) groups excluding carboxylic acids is 2. The number of hydrogen-bond donors (Lipinski definition) is 3. The molecule has 3 aromatic rings. The minimum atomic E-state index is -1.31. The van der Waals surface area contributed by atoms with Gasteiger partial charge in [-0.25, -0.2) is 9.59 Å². The molecule has 0 aliphatic heterocycles. The number of carboxylic acids is 1. The molecule has 0 bridgehead atoms. The fourth-order valence-electron chi connectivity index (χ4n) is 4.30. The largest absolute Gasteiger partial charge is 0.479 e. The summed E-state index contributed by atoms with van der Waals surface area (Å²) in [6.07, 6.45) is 3.65. The lowest BCUT2D eigenvalue weighted by atomic mass is 9.98. The van der Waals surface area contributed by atoms with Crippen molar-refractivity contribution in [3.8, 4) is 11.1 Å². The average molecular weight is 475 g/mol. The molecule has 1 heterocycles. The molecule has 4 rings (SSSR count). The highest BCUT2D eigenvalue weighted by Gasteiger charge is 2.31. The Morgan fingerprint density at radius 3 is 2.29 bits per heavy atom.